The van der Waals surface area contributed by atoms with Gasteiger partial charge in [-0.3, -0.25) is 9.69 Å². The van der Waals surface area contributed by atoms with Crippen LogP contribution in [0.1, 0.15) is 35.3 Å². The summed E-state index contributed by atoms with van der Waals surface area (Å²) in [5.74, 6) is 1.31. The van der Waals surface area contributed by atoms with E-state index in [4.69, 9.17) is 19.0 Å². The summed E-state index contributed by atoms with van der Waals surface area (Å²) in [6.07, 6.45) is 1.26. The number of hydrogen-bond donors (Lipinski definition) is 2. The van der Waals surface area contributed by atoms with E-state index in [1.54, 1.807) is 17.4 Å². The van der Waals surface area contributed by atoms with Crippen LogP contribution in [0.5, 0.6) is 5.75 Å². The van der Waals surface area contributed by atoms with Crippen molar-refractivity contribution in [3.8, 4) is 28.1 Å². The molecule has 0 unspecified atom stereocenters. The van der Waals surface area contributed by atoms with Gasteiger partial charge in [0.15, 0.2) is 11.6 Å². The minimum atomic E-state index is -0.431. The Hall–Kier alpha value is -5.93. The first-order valence-electron chi connectivity index (χ1n) is 21.4. The van der Waals surface area contributed by atoms with E-state index in [2.05, 4.69) is 102 Å². The number of aryl methyl sites for hydroxylation is 5. The highest BCUT2D eigenvalue weighted by atomic mass is 32.1. The molecule has 1 amide bonds. The molecule has 1 saturated heterocycles. The number of rotatable bonds is 17. The number of ether oxygens (including phenoxy) is 2. The molecule has 9 rings (SSSR count). The van der Waals surface area contributed by atoms with Crippen LogP contribution in [-0.2, 0) is 42.0 Å². The van der Waals surface area contributed by atoms with Gasteiger partial charge in [0.1, 0.15) is 18.2 Å². The smallest absolute Gasteiger partial charge is 0.234 e. The molecule has 0 spiro atoms. The van der Waals surface area contributed by atoms with Crippen LogP contribution in [0.4, 0.5) is 4.39 Å². The van der Waals surface area contributed by atoms with Crippen LogP contribution >= 0.6 is 11.3 Å². The van der Waals surface area contributed by atoms with Crippen LogP contribution in [0.3, 0.4) is 0 Å². The first-order chi connectivity index (χ1) is 30.3. The summed E-state index contributed by atoms with van der Waals surface area (Å²) >= 11 is 1.60. The normalized spacial score (nSPS) is 13.5. The summed E-state index contributed by atoms with van der Waals surface area (Å²) in [4.78, 5) is 24.7. The second-order valence-corrected chi connectivity index (χ2v) is 16.5. The molecular weight excluding hydrogens is 804 g/mol. The third kappa shape index (κ3) is 8.86. The number of thiazole rings is 1. The highest BCUT2D eigenvalue weighted by molar-refractivity contribution is 7.07. The third-order valence-electron chi connectivity index (χ3n) is 11.8. The molecule has 0 saturated carbocycles. The van der Waals surface area contributed by atoms with Gasteiger partial charge in [-0.15, -0.1) is 11.3 Å². The van der Waals surface area contributed by atoms with Gasteiger partial charge in [0.05, 0.1) is 54.2 Å². The summed E-state index contributed by atoms with van der Waals surface area (Å²) in [5.41, 5.74) is 13.1. The molecule has 8 aromatic rings. The number of imidazole rings is 1. The zero-order valence-corrected chi connectivity index (χ0v) is 36.2. The lowest BCUT2D eigenvalue weighted by Crippen LogP contribution is -2.38. The Morgan fingerprint density at radius 3 is 2.52 bits per heavy atom. The van der Waals surface area contributed by atoms with E-state index < -0.39 is 5.82 Å². The zero-order chi connectivity index (χ0) is 42.6. The summed E-state index contributed by atoms with van der Waals surface area (Å²) in [5, 5.41) is 14.7. The molecule has 2 N–H and O–H groups in total. The highest BCUT2D eigenvalue weighted by Crippen LogP contribution is 2.34. The van der Waals surface area contributed by atoms with E-state index in [1.807, 2.05) is 25.4 Å². The van der Waals surface area contributed by atoms with Crippen LogP contribution in [0.25, 0.3) is 55.2 Å². The molecule has 320 valence electrons. The van der Waals surface area contributed by atoms with Gasteiger partial charge in [-0.2, -0.15) is 0 Å². The Bertz CT molecular complexity index is 2820. The van der Waals surface area contributed by atoms with Crippen molar-refractivity contribution in [3.05, 3.63) is 118 Å². The van der Waals surface area contributed by atoms with Crippen LogP contribution in [0.15, 0.2) is 88.2 Å². The lowest BCUT2D eigenvalue weighted by Gasteiger charge is -2.27. The average molecular weight is 855 g/mol. The Balaban J connectivity index is 0.767. The minimum absolute atomic E-state index is 0.146. The quantitative estimate of drug-likeness (QED) is 0.0875. The fourth-order valence-corrected chi connectivity index (χ4v) is 9.22. The summed E-state index contributed by atoms with van der Waals surface area (Å²) < 4.78 is 36.7. The van der Waals surface area contributed by atoms with Crippen molar-refractivity contribution in [2.45, 2.75) is 53.2 Å². The number of amides is 1. The first kappa shape index (κ1) is 41.4. The van der Waals surface area contributed by atoms with Gasteiger partial charge in [-0.25, -0.2) is 14.4 Å². The highest BCUT2D eigenvalue weighted by Gasteiger charge is 2.19. The number of carbonyl (C=O) groups is 1. The van der Waals surface area contributed by atoms with Crippen LogP contribution in [-0.4, -0.2) is 87.6 Å². The van der Waals surface area contributed by atoms with Gasteiger partial charge in [-0.1, -0.05) is 35.5 Å². The van der Waals surface area contributed by atoms with E-state index in [0.717, 1.165) is 108 Å². The second-order valence-electron chi connectivity index (χ2n) is 15.8. The van der Waals surface area contributed by atoms with Crippen molar-refractivity contribution in [2.24, 2.45) is 0 Å². The van der Waals surface area contributed by atoms with Crippen molar-refractivity contribution < 1.29 is 23.2 Å². The fraction of sp³-hybridized carbons (Fsp3) is 0.333. The topological polar surface area (TPSA) is 125 Å². The summed E-state index contributed by atoms with van der Waals surface area (Å²) in [6, 6.07) is 24.4. The largest absolute Gasteiger partial charge is 0.489 e. The predicted molar refractivity (Wildman–Crippen MR) is 242 cm³/mol. The number of nitrogens with one attached hydrogen (secondary N) is 2. The lowest BCUT2D eigenvalue weighted by atomic mass is 10.0. The third-order valence-corrected chi connectivity index (χ3v) is 12.4. The number of benzene rings is 4. The first-order valence-corrected chi connectivity index (χ1v) is 22.3. The maximum absolute atomic E-state index is 15.3. The zero-order valence-electron chi connectivity index (χ0n) is 35.4. The maximum Gasteiger partial charge on any atom is 0.234 e. The van der Waals surface area contributed by atoms with Gasteiger partial charge in [-0.05, 0) is 86.3 Å². The molecule has 14 heteroatoms. The van der Waals surface area contributed by atoms with Crippen LogP contribution < -0.4 is 15.4 Å². The molecule has 5 heterocycles. The van der Waals surface area contributed by atoms with Crippen LogP contribution in [0.2, 0.25) is 0 Å². The molecule has 12 nitrogen and oxygen atoms in total. The van der Waals surface area contributed by atoms with Gasteiger partial charge in [0.25, 0.3) is 0 Å². The minimum Gasteiger partial charge on any atom is -0.489 e. The molecule has 1 aliphatic heterocycles. The number of morpholine rings is 1. The van der Waals surface area contributed by atoms with Gasteiger partial charge < -0.3 is 33.8 Å². The maximum atomic E-state index is 15.3. The van der Waals surface area contributed by atoms with Gasteiger partial charge in [0, 0.05) is 84.0 Å². The van der Waals surface area contributed by atoms with E-state index in [0.29, 0.717) is 19.4 Å². The molecule has 4 aromatic heterocycles. The summed E-state index contributed by atoms with van der Waals surface area (Å²) in [6.45, 7) is 13.0. The molecule has 1 aliphatic rings. The van der Waals surface area contributed by atoms with Crippen molar-refractivity contribution in [1.82, 2.24) is 39.8 Å². The second kappa shape index (κ2) is 18.6. The molecule has 0 radical (unpaired) electrons. The van der Waals surface area contributed by atoms with E-state index in [1.165, 1.54) is 27.9 Å². The monoisotopic (exact) mass is 854 g/mol. The molecule has 0 bridgehead atoms. The fourth-order valence-electron chi connectivity index (χ4n) is 8.66. The van der Waals surface area contributed by atoms with Crippen molar-refractivity contribution in [3.63, 3.8) is 0 Å². The number of fused-ring (bicyclic) bond motifs is 4. The Morgan fingerprint density at radius 2 is 1.73 bits per heavy atom. The number of aromatic nitrogens is 5. The number of hydrogen-bond acceptors (Lipinski definition) is 10. The van der Waals surface area contributed by atoms with E-state index in [-0.39, 0.29) is 31.4 Å². The molecule has 0 atom stereocenters. The Kier molecular flexibility index (Phi) is 12.4. The molecular formula is C48H51FN8O4S. The van der Waals surface area contributed by atoms with E-state index in [9.17, 15) is 4.79 Å². The Morgan fingerprint density at radius 1 is 0.887 bits per heavy atom. The predicted octanol–water partition coefficient (Wildman–Crippen LogP) is 8.10. The average Bonchev–Trinajstić information content (AvgIpc) is 4.09. The summed E-state index contributed by atoms with van der Waals surface area (Å²) in [7, 11) is 0. The van der Waals surface area contributed by atoms with Crippen molar-refractivity contribution in [2.75, 3.05) is 52.5 Å². The molecule has 4 aromatic carbocycles. The standard InChI is InChI=1S/C48H51FN8O4S/c1-4-56-42-11-5-34(23-38(42)37-10-8-35(26-44(37)56)41-29-62-30-52-41)27-50-28-47(58)51-15-20-60-45-13-6-33(24-39(45)49)7-14-46-53-40-25-36(48-31(2)54-61-32(48)3)9-12-43(40)57(46)17-16-55-18-21-59-22-19-55/h5-6,8-13,23-26,29-30,50H,4,7,14-22,27-28H2,1-3H3,(H,51,58). The van der Waals surface area contributed by atoms with Crippen molar-refractivity contribution >= 4 is 50.1 Å². The van der Waals surface area contributed by atoms with Crippen LogP contribution in [0, 0.1) is 19.7 Å². The van der Waals surface area contributed by atoms with E-state index >= 15 is 4.39 Å². The van der Waals surface area contributed by atoms with Gasteiger partial charge in [0.2, 0.25) is 5.91 Å². The van der Waals surface area contributed by atoms with Crippen molar-refractivity contribution in [1.29, 1.82) is 0 Å². The lowest BCUT2D eigenvalue weighted by molar-refractivity contribution is -0.120. The Labute approximate surface area is 363 Å². The SMILES string of the molecule is CCn1c2ccc(CNCC(=O)NCCOc3ccc(CCc4nc5cc(-c6c(C)noc6C)ccc5n4CCN4CCOCC4)cc3F)cc2c2ccc(-c3cscn3)cc21. The number of carbonyl (C=O) groups excluding carboxylic acids is 1. The number of halogens is 1. The van der Waals surface area contributed by atoms with Gasteiger partial charge >= 0.3 is 0 Å². The molecule has 62 heavy (non-hydrogen) atoms. The molecule has 0 aliphatic carbocycles. The molecule has 1 fully saturated rings. The number of nitrogens with zero attached hydrogens (tertiary/aromatic N) is 6.